The fraction of sp³-hybridized carbons (Fsp3) is 0.200. The molecule has 0 spiro atoms. The van der Waals surface area contributed by atoms with Crippen LogP contribution in [0.1, 0.15) is 5.56 Å². The number of benzene rings is 1. The molecule has 14 heavy (non-hydrogen) atoms. The standard InChI is InChI=1S/C10H10N2O2/c1-6-3-4-8-7(5-6)11-9(13)10(14)12(8)2/h3-5H,1-2H3,(H,11,13). The lowest BCUT2D eigenvalue weighted by Gasteiger charge is -2.03. The third-order valence-electron chi connectivity index (χ3n) is 2.26. The number of aromatic nitrogens is 2. The average molecular weight is 190 g/mol. The largest absolute Gasteiger partial charge is 0.316 e. The third-order valence-corrected chi connectivity index (χ3v) is 2.26. The fourth-order valence-electron chi connectivity index (χ4n) is 1.48. The molecule has 0 fully saturated rings. The van der Waals surface area contributed by atoms with Gasteiger partial charge in [-0.25, -0.2) is 0 Å². The van der Waals surface area contributed by atoms with Crippen LogP contribution >= 0.6 is 0 Å². The smallest absolute Gasteiger partial charge is 0.316 e. The van der Waals surface area contributed by atoms with Gasteiger partial charge >= 0.3 is 11.1 Å². The summed E-state index contributed by atoms with van der Waals surface area (Å²) in [7, 11) is 1.59. The molecule has 0 saturated carbocycles. The van der Waals surface area contributed by atoms with Crippen LogP contribution in [0, 0.1) is 6.92 Å². The Morgan fingerprint density at radius 1 is 1.29 bits per heavy atom. The van der Waals surface area contributed by atoms with E-state index < -0.39 is 11.1 Å². The van der Waals surface area contributed by atoms with Crippen molar-refractivity contribution in [2.75, 3.05) is 0 Å². The fourth-order valence-corrected chi connectivity index (χ4v) is 1.48. The summed E-state index contributed by atoms with van der Waals surface area (Å²) < 4.78 is 1.35. The molecule has 1 aromatic heterocycles. The number of nitrogens with one attached hydrogen (secondary N) is 1. The van der Waals surface area contributed by atoms with E-state index in [1.807, 2.05) is 25.1 Å². The summed E-state index contributed by atoms with van der Waals surface area (Å²) in [4.78, 5) is 25.0. The maximum absolute atomic E-state index is 11.3. The monoisotopic (exact) mass is 190 g/mol. The van der Waals surface area contributed by atoms with Crippen LogP contribution in [0.2, 0.25) is 0 Å². The number of hydrogen-bond donors (Lipinski definition) is 1. The second-order valence-electron chi connectivity index (χ2n) is 3.34. The van der Waals surface area contributed by atoms with Crippen molar-refractivity contribution in [2.24, 2.45) is 7.05 Å². The molecule has 0 atom stereocenters. The van der Waals surface area contributed by atoms with Crippen LogP contribution < -0.4 is 11.1 Å². The number of aromatic amines is 1. The Hall–Kier alpha value is -1.84. The molecule has 0 aliphatic heterocycles. The van der Waals surface area contributed by atoms with Gasteiger partial charge in [-0.3, -0.25) is 9.59 Å². The Balaban J connectivity index is 3.06. The van der Waals surface area contributed by atoms with Crippen molar-refractivity contribution in [3.63, 3.8) is 0 Å². The van der Waals surface area contributed by atoms with Crippen LogP contribution in [0.3, 0.4) is 0 Å². The summed E-state index contributed by atoms with van der Waals surface area (Å²) >= 11 is 0. The van der Waals surface area contributed by atoms with Crippen molar-refractivity contribution in [3.8, 4) is 0 Å². The lowest BCUT2D eigenvalue weighted by molar-refractivity contribution is 0.873. The highest BCUT2D eigenvalue weighted by Crippen LogP contribution is 2.09. The van der Waals surface area contributed by atoms with Crippen molar-refractivity contribution in [3.05, 3.63) is 44.5 Å². The molecular formula is C10H10N2O2. The second-order valence-corrected chi connectivity index (χ2v) is 3.34. The van der Waals surface area contributed by atoms with Crippen molar-refractivity contribution >= 4 is 11.0 Å². The van der Waals surface area contributed by atoms with Crippen molar-refractivity contribution in [1.29, 1.82) is 0 Å². The van der Waals surface area contributed by atoms with E-state index in [0.29, 0.717) is 5.52 Å². The van der Waals surface area contributed by atoms with Crippen LogP contribution in [-0.2, 0) is 7.05 Å². The number of hydrogen-bond acceptors (Lipinski definition) is 2. The van der Waals surface area contributed by atoms with Gasteiger partial charge in [-0.15, -0.1) is 0 Å². The minimum Gasteiger partial charge on any atom is -0.316 e. The summed E-state index contributed by atoms with van der Waals surface area (Å²) in [6.07, 6.45) is 0. The molecule has 0 bridgehead atoms. The SMILES string of the molecule is Cc1ccc2c(c1)[nH]c(=O)c(=O)n2C. The van der Waals surface area contributed by atoms with Crippen molar-refractivity contribution in [1.82, 2.24) is 9.55 Å². The summed E-state index contributed by atoms with van der Waals surface area (Å²) in [5, 5.41) is 0. The van der Waals surface area contributed by atoms with Gasteiger partial charge in [0.05, 0.1) is 11.0 Å². The van der Waals surface area contributed by atoms with Crippen LogP contribution in [-0.4, -0.2) is 9.55 Å². The zero-order valence-electron chi connectivity index (χ0n) is 8.00. The molecular weight excluding hydrogens is 180 g/mol. The van der Waals surface area contributed by atoms with E-state index in [2.05, 4.69) is 4.98 Å². The number of H-pyrrole nitrogens is 1. The Labute approximate surface area is 79.8 Å². The van der Waals surface area contributed by atoms with Crippen LogP contribution in [0.25, 0.3) is 11.0 Å². The molecule has 0 amide bonds. The predicted molar refractivity (Wildman–Crippen MR) is 54.5 cm³/mol. The summed E-state index contributed by atoms with van der Waals surface area (Å²) in [5.74, 6) is 0. The van der Waals surface area contributed by atoms with Crippen molar-refractivity contribution < 1.29 is 0 Å². The first-order chi connectivity index (χ1) is 6.59. The third kappa shape index (κ3) is 1.16. The molecule has 0 saturated heterocycles. The van der Waals surface area contributed by atoms with Gasteiger partial charge in [-0.05, 0) is 24.6 Å². The topological polar surface area (TPSA) is 54.9 Å². The van der Waals surface area contributed by atoms with Crippen LogP contribution in [0.15, 0.2) is 27.8 Å². The van der Waals surface area contributed by atoms with E-state index in [9.17, 15) is 9.59 Å². The highest BCUT2D eigenvalue weighted by Gasteiger charge is 2.02. The van der Waals surface area contributed by atoms with Gasteiger partial charge in [0, 0.05) is 7.05 Å². The number of aryl methyl sites for hydroxylation is 2. The number of nitrogens with zero attached hydrogens (tertiary/aromatic N) is 1. The molecule has 4 heteroatoms. The highest BCUT2D eigenvalue weighted by molar-refractivity contribution is 5.75. The van der Waals surface area contributed by atoms with E-state index in [0.717, 1.165) is 11.1 Å². The molecule has 0 unspecified atom stereocenters. The Morgan fingerprint density at radius 2 is 2.00 bits per heavy atom. The van der Waals surface area contributed by atoms with Gasteiger partial charge in [0.15, 0.2) is 0 Å². The van der Waals surface area contributed by atoms with Gasteiger partial charge in [0.1, 0.15) is 0 Å². The maximum Gasteiger partial charge on any atom is 0.316 e. The van der Waals surface area contributed by atoms with Crippen molar-refractivity contribution in [2.45, 2.75) is 6.92 Å². The van der Waals surface area contributed by atoms with Gasteiger partial charge in [0.25, 0.3) is 0 Å². The molecule has 1 N–H and O–H groups in total. The van der Waals surface area contributed by atoms with Gasteiger partial charge in [0.2, 0.25) is 0 Å². The highest BCUT2D eigenvalue weighted by atomic mass is 16.2. The number of fused-ring (bicyclic) bond motifs is 1. The lowest BCUT2D eigenvalue weighted by atomic mass is 10.2. The van der Waals surface area contributed by atoms with Gasteiger partial charge in [-0.1, -0.05) is 6.07 Å². The summed E-state index contributed by atoms with van der Waals surface area (Å²) in [6.45, 7) is 1.93. The van der Waals surface area contributed by atoms with Gasteiger partial charge in [-0.2, -0.15) is 0 Å². The number of rotatable bonds is 0. The second kappa shape index (κ2) is 2.83. The van der Waals surface area contributed by atoms with E-state index in [1.165, 1.54) is 4.57 Å². The normalized spacial score (nSPS) is 10.7. The first-order valence-electron chi connectivity index (χ1n) is 4.29. The molecule has 2 aromatic rings. The molecule has 72 valence electrons. The van der Waals surface area contributed by atoms with E-state index >= 15 is 0 Å². The zero-order valence-corrected chi connectivity index (χ0v) is 8.00. The first-order valence-corrected chi connectivity index (χ1v) is 4.29. The minimum atomic E-state index is -0.578. The predicted octanol–water partition coefficient (Wildman–Crippen LogP) is 0.535. The Morgan fingerprint density at radius 3 is 2.71 bits per heavy atom. The molecule has 0 radical (unpaired) electrons. The van der Waals surface area contributed by atoms with Gasteiger partial charge < -0.3 is 9.55 Å². The zero-order chi connectivity index (χ0) is 10.3. The molecule has 2 rings (SSSR count). The Kier molecular flexibility index (Phi) is 1.77. The minimum absolute atomic E-state index is 0.527. The van der Waals surface area contributed by atoms with E-state index in [4.69, 9.17) is 0 Å². The first kappa shape index (κ1) is 8.74. The summed E-state index contributed by atoms with van der Waals surface area (Å²) in [5.41, 5.74) is 1.37. The van der Waals surface area contributed by atoms with Crippen LogP contribution in [0.5, 0.6) is 0 Å². The molecule has 1 heterocycles. The maximum atomic E-state index is 11.3. The quantitative estimate of drug-likeness (QED) is 0.616. The van der Waals surface area contributed by atoms with E-state index in [1.54, 1.807) is 7.05 Å². The lowest BCUT2D eigenvalue weighted by Crippen LogP contribution is -2.34. The molecule has 0 aliphatic rings. The summed E-state index contributed by atoms with van der Waals surface area (Å²) in [6, 6.07) is 5.57. The Bertz CT molecular complexity index is 608. The molecule has 0 aliphatic carbocycles. The molecule has 1 aromatic carbocycles. The average Bonchev–Trinajstić information content (AvgIpc) is 2.14. The van der Waals surface area contributed by atoms with Crippen LogP contribution in [0.4, 0.5) is 0 Å². The molecule has 4 nitrogen and oxygen atoms in total. The van der Waals surface area contributed by atoms with E-state index in [-0.39, 0.29) is 0 Å².